The lowest BCUT2D eigenvalue weighted by molar-refractivity contribution is 0.0724. The number of para-hydroxylation sites is 1. The summed E-state index contributed by atoms with van der Waals surface area (Å²) in [5.74, 6) is -1.19. The fraction of sp³-hybridized carbons (Fsp3) is 0.107. The Hall–Kier alpha value is -5.23. The molecule has 1 aliphatic rings. The van der Waals surface area contributed by atoms with Crippen molar-refractivity contribution in [3.05, 3.63) is 105 Å². The fourth-order valence-corrected chi connectivity index (χ4v) is 4.29. The Morgan fingerprint density at radius 1 is 1.00 bits per heavy atom. The molecule has 4 aromatic rings. The van der Waals surface area contributed by atoms with Gasteiger partial charge in [-0.1, -0.05) is 30.3 Å². The quantitative estimate of drug-likeness (QED) is 0.244. The van der Waals surface area contributed by atoms with Gasteiger partial charge >= 0.3 is 11.6 Å². The lowest BCUT2D eigenvalue weighted by Crippen LogP contribution is -2.26. The third kappa shape index (κ3) is 4.00. The Bertz CT molecular complexity index is 1640. The van der Waals surface area contributed by atoms with Gasteiger partial charge in [0, 0.05) is 0 Å². The van der Waals surface area contributed by atoms with E-state index < -0.39 is 17.5 Å². The van der Waals surface area contributed by atoms with Crippen molar-refractivity contribution in [1.29, 1.82) is 5.26 Å². The number of nitrogens with two attached hydrogens (primary N) is 1. The van der Waals surface area contributed by atoms with E-state index in [2.05, 4.69) is 0 Å². The van der Waals surface area contributed by atoms with Crippen LogP contribution in [0.25, 0.3) is 11.0 Å². The van der Waals surface area contributed by atoms with Crippen LogP contribution in [0, 0.1) is 11.3 Å². The Morgan fingerprint density at radius 3 is 2.30 bits per heavy atom. The van der Waals surface area contributed by atoms with Crippen LogP contribution in [-0.4, -0.2) is 20.2 Å². The molecule has 1 atom stereocenters. The number of nitrogens with zero attached hydrogens (tertiary/aromatic N) is 1. The Kier molecular flexibility index (Phi) is 5.99. The monoisotopic (exact) mass is 496 g/mol. The van der Waals surface area contributed by atoms with Gasteiger partial charge in [0.25, 0.3) is 0 Å². The van der Waals surface area contributed by atoms with Crippen molar-refractivity contribution in [3.8, 4) is 29.1 Å². The molecule has 0 fully saturated rings. The fourth-order valence-electron chi connectivity index (χ4n) is 4.29. The molecule has 1 aliphatic heterocycles. The largest absolute Gasteiger partial charge is 0.493 e. The molecule has 0 radical (unpaired) electrons. The van der Waals surface area contributed by atoms with Crippen molar-refractivity contribution in [2.45, 2.75) is 5.92 Å². The van der Waals surface area contributed by atoms with Gasteiger partial charge in [0.05, 0.1) is 36.7 Å². The summed E-state index contributed by atoms with van der Waals surface area (Å²) in [4.78, 5) is 25.9. The van der Waals surface area contributed by atoms with Crippen LogP contribution >= 0.6 is 0 Å². The predicted octanol–water partition coefficient (Wildman–Crippen LogP) is 4.25. The number of benzene rings is 3. The van der Waals surface area contributed by atoms with Crippen molar-refractivity contribution in [1.82, 2.24) is 0 Å². The predicted molar refractivity (Wildman–Crippen MR) is 133 cm³/mol. The molecule has 9 heteroatoms. The topological polar surface area (TPSA) is 134 Å². The van der Waals surface area contributed by atoms with Gasteiger partial charge in [0.15, 0.2) is 17.2 Å². The molecule has 184 valence electrons. The van der Waals surface area contributed by atoms with Crippen LogP contribution in [0.1, 0.15) is 27.4 Å². The van der Waals surface area contributed by atoms with E-state index >= 15 is 0 Å². The van der Waals surface area contributed by atoms with Crippen LogP contribution in [-0.2, 0) is 0 Å². The zero-order valence-electron chi connectivity index (χ0n) is 19.8. The van der Waals surface area contributed by atoms with Gasteiger partial charge < -0.3 is 29.1 Å². The number of allylic oxidation sites excluding steroid dienone is 1. The zero-order valence-corrected chi connectivity index (χ0v) is 19.8. The number of carbonyl (C=O) groups is 1. The standard InChI is InChI=1S/C28H20N2O7/c1-33-20-12-16(13-21(34-2)25(20)37-27(31)15-8-4-3-5-9-15)22-18(14-29)26(30)36-24-17-10-6-7-11-19(17)35-28(32)23(22)24/h3-13,22H,30H2,1-2H3. The minimum atomic E-state index is -0.962. The highest BCUT2D eigenvalue weighted by Gasteiger charge is 2.36. The molecule has 37 heavy (non-hydrogen) atoms. The average Bonchev–Trinajstić information content (AvgIpc) is 2.92. The first-order valence-electron chi connectivity index (χ1n) is 11.1. The van der Waals surface area contributed by atoms with Gasteiger partial charge in [-0.2, -0.15) is 5.26 Å². The number of methoxy groups -OCH3 is 2. The maximum atomic E-state index is 13.2. The van der Waals surface area contributed by atoms with Gasteiger partial charge in [0.1, 0.15) is 17.2 Å². The summed E-state index contributed by atoms with van der Waals surface area (Å²) in [5.41, 5.74) is 6.64. The van der Waals surface area contributed by atoms with Crippen molar-refractivity contribution in [2.75, 3.05) is 14.2 Å². The van der Waals surface area contributed by atoms with Crippen LogP contribution in [0.2, 0.25) is 0 Å². The molecule has 0 bridgehead atoms. The molecule has 2 heterocycles. The van der Waals surface area contributed by atoms with E-state index in [0.717, 1.165) is 0 Å². The molecule has 0 saturated carbocycles. The Morgan fingerprint density at radius 2 is 1.65 bits per heavy atom. The van der Waals surface area contributed by atoms with Crippen LogP contribution in [0.3, 0.4) is 0 Å². The molecule has 1 aromatic heterocycles. The van der Waals surface area contributed by atoms with E-state index in [1.54, 1.807) is 66.7 Å². The molecule has 0 aliphatic carbocycles. The summed E-state index contributed by atoms with van der Waals surface area (Å²) >= 11 is 0. The Balaban J connectivity index is 1.69. The van der Waals surface area contributed by atoms with Crippen molar-refractivity contribution in [3.63, 3.8) is 0 Å². The lowest BCUT2D eigenvalue weighted by Gasteiger charge is -2.26. The molecule has 2 N–H and O–H groups in total. The molecule has 3 aromatic carbocycles. The second-order valence-electron chi connectivity index (χ2n) is 8.06. The van der Waals surface area contributed by atoms with Gasteiger partial charge in [-0.05, 0) is 42.0 Å². The molecule has 9 nitrogen and oxygen atoms in total. The number of nitriles is 1. The number of hydrogen-bond donors (Lipinski definition) is 1. The minimum Gasteiger partial charge on any atom is -0.493 e. The second-order valence-corrected chi connectivity index (χ2v) is 8.06. The van der Waals surface area contributed by atoms with Crippen LogP contribution in [0.4, 0.5) is 0 Å². The molecular weight excluding hydrogens is 476 g/mol. The number of fused-ring (bicyclic) bond motifs is 3. The smallest absolute Gasteiger partial charge is 0.344 e. The summed E-state index contributed by atoms with van der Waals surface area (Å²) in [6.45, 7) is 0. The highest BCUT2D eigenvalue weighted by molar-refractivity contribution is 5.92. The third-order valence-electron chi connectivity index (χ3n) is 5.99. The molecule has 0 saturated heterocycles. The second kappa shape index (κ2) is 9.43. The number of rotatable bonds is 5. The van der Waals surface area contributed by atoms with Gasteiger partial charge in [-0.25, -0.2) is 9.59 Å². The number of carbonyl (C=O) groups excluding carboxylic acids is 1. The lowest BCUT2D eigenvalue weighted by atomic mass is 9.83. The number of ether oxygens (including phenoxy) is 4. The minimum absolute atomic E-state index is 0.00761. The van der Waals surface area contributed by atoms with E-state index in [1.165, 1.54) is 14.2 Å². The summed E-state index contributed by atoms with van der Waals surface area (Å²) in [7, 11) is 2.79. The molecule has 1 unspecified atom stereocenters. The van der Waals surface area contributed by atoms with E-state index in [1.807, 2.05) is 6.07 Å². The van der Waals surface area contributed by atoms with Gasteiger partial charge in [0.2, 0.25) is 11.6 Å². The number of hydrogen-bond acceptors (Lipinski definition) is 9. The summed E-state index contributed by atoms with van der Waals surface area (Å²) < 4.78 is 28.0. The first-order valence-corrected chi connectivity index (χ1v) is 11.1. The average molecular weight is 496 g/mol. The normalized spacial score (nSPS) is 14.4. The first-order chi connectivity index (χ1) is 18.0. The highest BCUT2D eigenvalue weighted by Crippen LogP contribution is 2.47. The maximum Gasteiger partial charge on any atom is 0.344 e. The molecular formula is C28H20N2O7. The third-order valence-corrected chi connectivity index (χ3v) is 5.99. The van der Waals surface area contributed by atoms with E-state index in [9.17, 15) is 14.9 Å². The van der Waals surface area contributed by atoms with E-state index in [0.29, 0.717) is 22.1 Å². The molecule has 0 spiro atoms. The zero-order chi connectivity index (χ0) is 26.1. The van der Waals surface area contributed by atoms with Gasteiger partial charge in [-0.3, -0.25) is 0 Å². The Labute approximate surface area is 210 Å². The van der Waals surface area contributed by atoms with Crippen molar-refractivity contribution >= 4 is 16.9 Å². The summed E-state index contributed by atoms with van der Waals surface area (Å²) in [5, 5.41) is 10.5. The van der Waals surface area contributed by atoms with E-state index in [-0.39, 0.29) is 40.0 Å². The van der Waals surface area contributed by atoms with Crippen molar-refractivity contribution in [2.24, 2.45) is 5.73 Å². The van der Waals surface area contributed by atoms with Gasteiger partial charge in [-0.15, -0.1) is 0 Å². The maximum absolute atomic E-state index is 13.2. The van der Waals surface area contributed by atoms with Crippen LogP contribution in [0.5, 0.6) is 23.0 Å². The SMILES string of the molecule is COc1cc(C2C(C#N)=C(N)Oc3c2c(=O)oc2ccccc32)cc(OC)c1OC(=O)c1ccccc1. The van der Waals surface area contributed by atoms with Crippen LogP contribution in [0.15, 0.2) is 87.4 Å². The highest BCUT2D eigenvalue weighted by atomic mass is 16.6. The number of esters is 1. The van der Waals surface area contributed by atoms with Crippen molar-refractivity contribution < 1.29 is 28.2 Å². The van der Waals surface area contributed by atoms with Crippen LogP contribution < -0.4 is 30.3 Å². The molecule has 5 rings (SSSR count). The molecule has 0 amide bonds. The summed E-state index contributed by atoms with van der Waals surface area (Å²) in [6, 6.07) is 20.4. The van der Waals surface area contributed by atoms with E-state index in [4.69, 9.17) is 29.1 Å². The first kappa shape index (κ1) is 23.5. The summed E-state index contributed by atoms with van der Waals surface area (Å²) in [6.07, 6.45) is 0.